The summed E-state index contributed by atoms with van der Waals surface area (Å²) in [6.07, 6.45) is -0.166. The summed E-state index contributed by atoms with van der Waals surface area (Å²) in [5, 5.41) is 10.1. The molecule has 0 aliphatic carbocycles. The van der Waals surface area contributed by atoms with Crippen molar-refractivity contribution >= 4 is 28.4 Å². The van der Waals surface area contributed by atoms with Crippen molar-refractivity contribution in [1.82, 2.24) is 4.90 Å². The molecular weight excluding hydrogens is 356 g/mol. The summed E-state index contributed by atoms with van der Waals surface area (Å²) in [5.74, 6) is -0.477. The quantitative estimate of drug-likeness (QED) is 0.760. The van der Waals surface area contributed by atoms with Gasteiger partial charge in [0.25, 0.3) is 0 Å². The monoisotopic (exact) mass is 384 g/mol. The molecule has 26 heavy (non-hydrogen) atoms. The highest BCUT2D eigenvalue weighted by Gasteiger charge is 2.37. The number of amides is 1. The molecule has 0 aromatic carbocycles. The molecule has 0 unspecified atom stereocenters. The number of aliphatic hydroxyl groups is 1. The van der Waals surface area contributed by atoms with Crippen molar-refractivity contribution in [3.8, 4) is 0 Å². The van der Waals surface area contributed by atoms with Gasteiger partial charge in [0.15, 0.2) is 0 Å². The summed E-state index contributed by atoms with van der Waals surface area (Å²) in [7, 11) is 0. The van der Waals surface area contributed by atoms with Crippen LogP contribution in [-0.2, 0) is 22.4 Å². The largest absolute Gasteiger partial charge is 0.456 e. The van der Waals surface area contributed by atoms with Gasteiger partial charge in [0.2, 0.25) is 0 Å². The first-order valence-corrected chi connectivity index (χ1v) is 9.38. The second kappa shape index (κ2) is 7.08. The lowest BCUT2D eigenvalue weighted by Crippen LogP contribution is -2.48. The molecule has 1 aliphatic heterocycles. The van der Waals surface area contributed by atoms with Crippen molar-refractivity contribution in [3.05, 3.63) is 16.0 Å². The SMILES string of the molecule is CC(C)(C)OC(=O)c1c(N)sc2c1C[C@@H](CO)N(C(=O)OC(C)(C)C)C2. The minimum absolute atomic E-state index is 0.234. The predicted octanol–water partition coefficient (Wildman–Crippen LogP) is 2.94. The molecule has 3 N–H and O–H groups in total. The lowest BCUT2D eigenvalue weighted by molar-refractivity contribution is 0.00438. The first kappa shape index (κ1) is 20.5. The normalized spacial score (nSPS) is 17.7. The summed E-state index contributed by atoms with van der Waals surface area (Å²) in [6, 6.07) is -0.479. The zero-order chi connectivity index (χ0) is 19.9. The Morgan fingerprint density at radius 1 is 1.19 bits per heavy atom. The third-order valence-corrected chi connectivity index (χ3v) is 4.80. The lowest BCUT2D eigenvalue weighted by atomic mass is 9.97. The van der Waals surface area contributed by atoms with Crippen LogP contribution in [0.25, 0.3) is 0 Å². The van der Waals surface area contributed by atoms with Crippen LogP contribution >= 0.6 is 11.3 Å². The first-order valence-electron chi connectivity index (χ1n) is 8.56. The number of carbonyl (C=O) groups excluding carboxylic acids is 2. The topological polar surface area (TPSA) is 102 Å². The molecule has 1 amide bonds. The van der Waals surface area contributed by atoms with Crippen LogP contribution < -0.4 is 5.73 Å². The van der Waals surface area contributed by atoms with E-state index in [2.05, 4.69) is 0 Å². The van der Waals surface area contributed by atoms with E-state index in [1.807, 2.05) is 0 Å². The van der Waals surface area contributed by atoms with E-state index in [0.29, 0.717) is 17.0 Å². The van der Waals surface area contributed by atoms with Crippen LogP contribution in [0.3, 0.4) is 0 Å². The molecule has 1 aromatic rings. The highest BCUT2D eigenvalue weighted by atomic mass is 32.1. The summed E-state index contributed by atoms with van der Waals surface area (Å²) < 4.78 is 10.9. The molecule has 0 radical (unpaired) electrons. The average molecular weight is 384 g/mol. The third kappa shape index (κ3) is 4.67. The van der Waals surface area contributed by atoms with E-state index in [1.165, 1.54) is 16.2 Å². The van der Waals surface area contributed by atoms with Crippen molar-refractivity contribution in [2.45, 2.75) is 71.8 Å². The number of carbonyl (C=O) groups is 2. The minimum atomic E-state index is -0.633. The summed E-state index contributed by atoms with van der Waals surface area (Å²) >= 11 is 1.27. The van der Waals surface area contributed by atoms with E-state index in [4.69, 9.17) is 15.2 Å². The van der Waals surface area contributed by atoms with Crippen LogP contribution in [0.4, 0.5) is 9.80 Å². The van der Waals surface area contributed by atoms with Crippen LogP contribution in [0, 0.1) is 0 Å². The van der Waals surface area contributed by atoms with Crippen LogP contribution in [0.1, 0.15) is 62.3 Å². The predicted molar refractivity (Wildman–Crippen MR) is 100 cm³/mol. The Labute approximate surface area is 158 Å². The number of nitrogens with zero attached hydrogens (tertiary/aromatic N) is 1. The van der Waals surface area contributed by atoms with E-state index in [9.17, 15) is 14.7 Å². The fraction of sp³-hybridized carbons (Fsp3) is 0.667. The smallest absolute Gasteiger partial charge is 0.410 e. The van der Waals surface area contributed by atoms with Crippen molar-refractivity contribution < 1.29 is 24.2 Å². The number of nitrogens with two attached hydrogens (primary N) is 1. The molecule has 0 saturated carbocycles. The number of fused-ring (bicyclic) bond motifs is 1. The Morgan fingerprint density at radius 2 is 1.77 bits per heavy atom. The molecule has 146 valence electrons. The number of anilines is 1. The minimum Gasteiger partial charge on any atom is -0.456 e. The molecule has 0 saturated heterocycles. The molecule has 2 rings (SSSR count). The zero-order valence-electron chi connectivity index (χ0n) is 16.2. The van der Waals surface area contributed by atoms with Gasteiger partial charge in [-0.1, -0.05) is 0 Å². The van der Waals surface area contributed by atoms with Crippen LogP contribution in [0.15, 0.2) is 0 Å². The fourth-order valence-electron chi connectivity index (χ4n) is 2.76. The van der Waals surface area contributed by atoms with Gasteiger partial charge in [-0.15, -0.1) is 11.3 Å². The number of ether oxygens (including phenoxy) is 2. The van der Waals surface area contributed by atoms with Crippen molar-refractivity contribution in [1.29, 1.82) is 0 Å². The Hall–Kier alpha value is -1.80. The Balaban J connectivity index is 2.32. The maximum Gasteiger partial charge on any atom is 0.410 e. The van der Waals surface area contributed by atoms with Crippen molar-refractivity contribution in [2.75, 3.05) is 12.3 Å². The van der Waals surface area contributed by atoms with Crippen LogP contribution in [-0.4, -0.2) is 45.9 Å². The molecule has 0 bridgehead atoms. The standard InChI is InChI=1S/C18H28N2O5S/c1-17(2,3)24-15(22)13-11-7-10(9-21)20(8-12(11)26-14(13)19)16(23)25-18(4,5)6/h10,21H,7-9,19H2,1-6H3/t10-/m0/s1. The van der Waals surface area contributed by atoms with E-state index < -0.39 is 29.3 Å². The fourth-order valence-corrected chi connectivity index (χ4v) is 3.84. The van der Waals surface area contributed by atoms with Gasteiger partial charge in [0.1, 0.15) is 16.2 Å². The highest BCUT2D eigenvalue weighted by molar-refractivity contribution is 7.16. The second-order valence-electron chi connectivity index (χ2n) is 8.39. The van der Waals surface area contributed by atoms with Gasteiger partial charge in [0.05, 0.1) is 24.8 Å². The summed E-state index contributed by atoms with van der Waals surface area (Å²) in [4.78, 5) is 27.3. The lowest BCUT2D eigenvalue weighted by Gasteiger charge is -2.36. The molecule has 0 fully saturated rings. The van der Waals surface area contributed by atoms with Gasteiger partial charge in [-0.05, 0) is 53.5 Å². The maximum atomic E-state index is 12.5. The van der Waals surface area contributed by atoms with Crippen LogP contribution in [0.5, 0.6) is 0 Å². The van der Waals surface area contributed by atoms with Crippen molar-refractivity contribution in [2.24, 2.45) is 0 Å². The van der Waals surface area contributed by atoms with E-state index in [0.717, 1.165) is 10.4 Å². The average Bonchev–Trinajstić information content (AvgIpc) is 2.76. The molecule has 1 atom stereocenters. The van der Waals surface area contributed by atoms with E-state index in [-0.39, 0.29) is 13.2 Å². The summed E-state index contributed by atoms with van der Waals surface area (Å²) in [6.45, 7) is 10.8. The number of thiophene rings is 1. The van der Waals surface area contributed by atoms with Gasteiger partial charge < -0.3 is 20.3 Å². The molecule has 2 heterocycles. The molecule has 0 spiro atoms. The second-order valence-corrected chi connectivity index (χ2v) is 9.53. The molecule has 8 heteroatoms. The highest BCUT2D eigenvalue weighted by Crippen LogP contribution is 2.38. The third-order valence-electron chi connectivity index (χ3n) is 3.75. The van der Waals surface area contributed by atoms with E-state index >= 15 is 0 Å². The molecular formula is C18H28N2O5S. The number of rotatable bonds is 2. The zero-order valence-corrected chi connectivity index (χ0v) is 17.0. The molecule has 7 nitrogen and oxygen atoms in total. The Bertz CT molecular complexity index is 700. The number of nitrogen functional groups attached to an aromatic ring is 1. The van der Waals surface area contributed by atoms with Crippen molar-refractivity contribution in [3.63, 3.8) is 0 Å². The molecule has 1 aliphatic rings. The number of hydrogen-bond donors (Lipinski definition) is 2. The van der Waals surface area contributed by atoms with Crippen LogP contribution in [0.2, 0.25) is 0 Å². The number of hydrogen-bond acceptors (Lipinski definition) is 7. The van der Waals surface area contributed by atoms with Gasteiger partial charge in [-0.2, -0.15) is 0 Å². The number of esters is 1. The summed E-state index contributed by atoms with van der Waals surface area (Å²) in [5.41, 5.74) is 5.91. The Kier molecular flexibility index (Phi) is 5.58. The van der Waals surface area contributed by atoms with Gasteiger partial charge >= 0.3 is 12.1 Å². The molecule has 1 aromatic heterocycles. The Morgan fingerprint density at radius 3 is 2.27 bits per heavy atom. The first-order chi connectivity index (χ1) is 11.8. The maximum absolute atomic E-state index is 12.5. The van der Waals surface area contributed by atoms with Gasteiger partial charge in [-0.3, -0.25) is 4.90 Å². The van der Waals surface area contributed by atoms with Gasteiger partial charge in [-0.25, -0.2) is 9.59 Å². The number of aliphatic hydroxyl groups excluding tert-OH is 1. The van der Waals surface area contributed by atoms with Gasteiger partial charge in [0, 0.05) is 4.88 Å². The van der Waals surface area contributed by atoms with E-state index in [1.54, 1.807) is 41.5 Å².